The Kier molecular flexibility index (Phi) is 5.68. The molecule has 2 unspecified atom stereocenters. The Hall–Kier alpha value is -2.32. The van der Waals surface area contributed by atoms with Gasteiger partial charge in [-0.1, -0.05) is 12.1 Å². The molecule has 0 aromatic heterocycles. The smallest absolute Gasteiger partial charge is 0.265 e. The molecule has 2 atom stereocenters. The third-order valence-corrected chi connectivity index (χ3v) is 5.38. The van der Waals surface area contributed by atoms with Gasteiger partial charge in [-0.3, -0.25) is 9.59 Å². The van der Waals surface area contributed by atoms with Crippen LogP contribution in [0.15, 0.2) is 24.3 Å². The topological polar surface area (TPSA) is 71.6 Å². The van der Waals surface area contributed by atoms with Crippen LogP contribution in [0.5, 0.6) is 5.75 Å². The van der Waals surface area contributed by atoms with Crippen LogP contribution in [-0.2, 0) is 19.1 Å². The van der Waals surface area contributed by atoms with Gasteiger partial charge in [-0.05, 0) is 19.1 Å². The zero-order valence-corrected chi connectivity index (χ0v) is 16.2. The summed E-state index contributed by atoms with van der Waals surface area (Å²) >= 11 is 0. The van der Waals surface area contributed by atoms with Crippen LogP contribution in [0.2, 0.25) is 0 Å². The standard InChI is InChI=1S/C20H27N3O5/c1-15-12-22(8-11-27-15)19(24)14-23-13-18(20(25)21-6-9-26-10-7-21)28-17-5-3-2-4-16(17)23/h2-5,15,18H,6-14H2,1H3. The summed E-state index contributed by atoms with van der Waals surface area (Å²) in [4.78, 5) is 31.4. The van der Waals surface area contributed by atoms with Crippen molar-refractivity contribution >= 4 is 17.5 Å². The lowest BCUT2D eigenvalue weighted by Crippen LogP contribution is -2.55. The van der Waals surface area contributed by atoms with Crippen molar-refractivity contribution in [2.45, 2.75) is 19.1 Å². The zero-order chi connectivity index (χ0) is 19.5. The number of rotatable bonds is 3. The minimum absolute atomic E-state index is 0.0458. The molecule has 4 rings (SSSR count). The molecule has 0 N–H and O–H groups in total. The van der Waals surface area contributed by atoms with Gasteiger partial charge in [-0.15, -0.1) is 0 Å². The lowest BCUT2D eigenvalue weighted by molar-refractivity contribution is -0.143. The molecule has 2 saturated heterocycles. The van der Waals surface area contributed by atoms with Crippen molar-refractivity contribution in [2.24, 2.45) is 0 Å². The number of nitrogens with zero attached hydrogens (tertiary/aromatic N) is 3. The summed E-state index contributed by atoms with van der Waals surface area (Å²) in [5.41, 5.74) is 0.850. The molecule has 2 amide bonds. The van der Waals surface area contributed by atoms with E-state index in [9.17, 15) is 9.59 Å². The fraction of sp³-hybridized carbons (Fsp3) is 0.600. The lowest BCUT2D eigenvalue weighted by Gasteiger charge is -2.39. The predicted molar refractivity (Wildman–Crippen MR) is 102 cm³/mol. The van der Waals surface area contributed by atoms with E-state index in [2.05, 4.69) is 0 Å². The molecule has 0 saturated carbocycles. The third-order valence-electron chi connectivity index (χ3n) is 5.38. The number of carbonyl (C=O) groups is 2. The van der Waals surface area contributed by atoms with Gasteiger partial charge in [0.15, 0.2) is 6.10 Å². The summed E-state index contributed by atoms with van der Waals surface area (Å²) in [5.74, 6) is 0.642. The number of hydrogen-bond donors (Lipinski definition) is 0. The van der Waals surface area contributed by atoms with Crippen LogP contribution < -0.4 is 9.64 Å². The summed E-state index contributed by atoms with van der Waals surface area (Å²) in [7, 11) is 0. The Morgan fingerprint density at radius 1 is 1.04 bits per heavy atom. The van der Waals surface area contributed by atoms with E-state index in [0.29, 0.717) is 58.3 Å². The van der Waals surface area contributed by atoms with Crippen molar-refractivity contribution in [3.63, 3.8) is 0 Å². The molecular formula is C20H27N3O5. The highest BCUT2D eigenvalue weighted by Gasteiger charge is 2.35. The summed E-state index contributed by atoms with van der Waals surface area (Å²) in [6.45, 7) is 6.56. The van der Waals surface area contributed by atoms with Crippen molar-refractivity contribution < 1.29 is 23.8 Å². The third kappa shape index (κ3) is 4.07. The van der Waals surface area contributed by atoms with Gasteiger partial charge in [0.2, 0.25) is 5.91 Å². The number of para-hydroxylation sites is 2. The van der Waals surface area contributed by atoms with Crippen LogP contribution in [0.25, 0.3) is 0 Å². The van der Waals surface area contributed by atoms with Crippen LogP contribution in [0.3, 0.4) is 0 Å². The van der Waals surface area contributed by atoms with Gasteiger partial charge in [0.1, 0.15) is 5.75 Å². The molecule has 0 radical (unpaired) electrons. The van der Waals surface area contributed by atoms with E-state index >= 15 is 0 Å². The lowest BCUT2D eigenvalue weighted by atomic mass is 10.1. The molecule has 0 aliphatic carbocycles. The maximum Gasteiger partial charge on any atom is 0.265 e. The van der Waals surface area contributed by atoms with Gasteiger partial charge >= 0.3 is 0 Å². The Morgan fingerprint density at radius 3 is 2.57 bits per heavy atom. The van der Waals surface area contributed by atoms with E-state index in [1.165, 1.54) is 0 Å². The normalized spacial score (nSPS) is 25.1. The van der Waals surface area contributed by atoms with Gasteiger partial charge in [-0.2, -0.15) is 0 Å². The minimum atomic E-state index is -0.621. The molecule has 8 nitrogen and oxygen atoms in total. The molecule has 152 valence electrons. The molecule has 0 spiro atoms. The van der Waals surface area contributed by atoms with Crippen LogP contribution in [0.4, 0.5) is 5.69 Å². The van der Waals surface area contributed by atoms with Gasteiger partial charge in [-0.25, -0.2) is 0 Å². The molecular weight excluding hydrogens is 362 g/mol. The maximum absolute atomic E-state index is 12.9. The first kappa shape index (κ1) is 19.0. The predicted octanol–water partition coefficient (Wildman–Crippen LogP) is 0.360. The average Bonchev–Trinajstić information content (AvgIpc) is 2.73. The number of ether oxygens (including phenoxy) is 3. The van der Waals surface area contributed by atoms with E-state index in [4.69, 9.17) is 14.2 Å². The Bertz CT molecular complexity index is 722. The van der Waals surface area contributed by atoms with Crippen molar-refractivity contribution in [3.05, 3.63) is 24.3 Å². The zero-order valence-electron chi connectivity index (χ0n) is 16.2. The first-order chi connectivity index (χ1) is 13.6. The summed E-state index contributed by atoms with van der Waals surface area (Å²) < 4.78 is 16.9. The fourth-order valence-electron chi connectivity index (χ4n) is 3.88. The largest absolute Gasteiger partial charge is 0.477 e. The molecule has 3 heterocycles. The summed E-state index contributed by atoms with van der Waals surface area (Å²) in [5, 5.41) is 0. The molecule has 8 heteroatoms. The first-order valence-electron chi connectivity index (χ1n) is 9.88. The summed E-state index contributed by atoms with van der Waals surface area (Å²) in [6.07, 6.45) is -0.574. The van der Waals surface area contributed by atoms with Crippen LogP contribution in [0, 0.1) is 0 Å². The van der Waals surface area contributed by atoms with Crippen molar-refractivity contribution in [2.75, 3.05) is 64.0 Å². The van der Waals surface area contributed by atoms with Gasteiger partial charge in [0.25, 0.3) is 5.91 Å². The first-order valence-corrected chi connectivity index (χ1v) is 9.88. The Morgan fingerprint density at radius 2 is 1.79 bits per heavy atom. The maximum atomic E-state index is 12.9. The van der Waals surface area contributed by atoms with Gasteiger partial charge < -0.3 is 28.9 Å². The number of amides is 2. The van der Waals surface area contributed by atoms with Crippen molar-refractivity contribution in [1.29, 1.82) is 0 Å². The van der Waals surface area contributed by atoms with Crippen molar-refractivity contribution in [1.82, 2.24) is 9.80 Å². The Balaban J connectivity index is 1.49. The molecule has 2 fully saturated rings. The minimum Gasteiger partial charge on any atom is -0.477 e. The molecule has 1 aromatic rings. The number of carbonyl (C=O) groups excluding carboxylic acids is 2. The molecule has 0 bridgehead atoms. The van der Waals surface area contributed by atoms with E-state index in [0.717, 1.165) is 5.69 Å². The SMILES string of the molecule is CC1CN(C(=O)CN2CC(C(=O)N3CCOCC3)Oc3ccccc32)CCO1. The van der Waals surface area contributed by atoms with Crippen LogP contribution >= 0.6 is 0 Å². The molecule has 3 aliphatic rings. The van der Waals surface area contributed by atoms with Crippen molar-refractivity contribution in [3.8, 4) is 5.75 Å². The van der Waals surface area contributed by atoms with Crippen LogP contribution in [-0.4, -0.2) is 92.9 Å². The molecule has 3 aliphatic heterocycles. The molecule has 28 heavy (non-hydrogen) atoms. The highest BCUT2D eigenvalue weighted by molar-refractivity contribution is 5.86. The highest BCUT2D eigenvalue weighted by Crippen LogP contribution is 2.33. The number of anilines is 1. The van der Waals surface area contributed by atoms with E-state index in [-0.39, 0.29) is 24.5 Å². The quantitative estimate of drug-likeness (QED) is 0.744. The van der Waals surface area contributed by atoms with E-state index in [1.54, 1.807) is 4.90 Å². The highest BCUT2D eigenvalue weighted by atomic mass is 16.5. The van der Waals surface area contributed by atoms with Gasteiger partial charge in [0.05, 0.1) is 44.7 Å². The van der Waals surface area contributed by atoms with E-state index < -0.39 is 6.10 Å². The van der Waals surface area contributed by atoms with E-state index in [1.807, 2.05) is 41.0 Å². The van der Waals surface area contributed by atoms with Gasteiger partial charge in [0, 0.05) is 26.2 Å². The van der Waals surface area contributed by atoms with Crippen LogP contribution in [0.1, 0.15) is 6.92 Å². The number of benzene rings is 1. The monoisotopic (exact) mass is 389 g/mol. The Labute approximate surface area is 164 Å². The fourth-order valence-corrected chi connectivity index (χ4v) is 3.88. The average molecular weight is 389 g/mol. The second-order valence-corrected chi connectivity index (χ2v) is 7.41. The molecule has 1 aromatic carbocycles. The number of hydrogen-bond acceptors (Lipinski definition) is 6. The second-order valence-electron chi connectivity index (χ2n) is 7.41. The number of morpholine rings is 2. The summed E-state index contributed by atoms with van der Waals surface area (Å²) in [6, 6.07) is 7.58. The number of fused-ring (bicyclic) bond motifs is 1. The second kappa shape index (κ2) is 8.36.